The zero-order valence-electron chi connectivity index (χ0n) is 23.5. The van der Waals surface area contributed by atoms with Crippen molar-refractivity contribution in [2.45, 2.75) is 88.2 Å². The van der Waals surface area contributed by atoms with E-state index in [0.29, 0.717) is 44.6 Å². The highest BCUT2D eigenvalue weighted by molar-refractivity contribution is 5.59. The monoisotopic (exact) mass is 578 g/mol. The van der Waals surface area contributed by atoms with Crippen LogP contribution in [0.4, 0.5) is 35.0 Å². The minimum absolute atomic E-state index is 0.0281. The molecule has 0 saturated carbocycles. The number of rotatable bonds is 6. The van der Waals surface area contributed by atoms with Crippen LogP contribution >= 0.6 is 0 Å². The topological polar surface area (TPSA) is 88.8 Å². The van der Waals surface area contributed by atoms with Gasteiger partial charge >= 0.3 is 6.18 Å². The number of aromatic nitrogens is 2. The van der Waals surface area contributed by atoms with Gasteiger partial charge in [-0.2, -0.15) is 18.2 Å². The molecule has 4 saturated heterocycles. The summed E-state index contributed by atoms with van der Waals surface area (Å²) in [5.74, 6) is -1.38. The zero-order valence-corrected chi connectivity index (χ0v) is 23.5. The van der Waals surface area contributed by atoms with E-state index >= 15 is 4.39 Å². The van der Waals surface area contributed by atoms with Crippen LogP contribution in [0.5, 0.6) is 5.75 Å². The van der Waals surface area contributed by atoms with Crippen LogP contribution in [0.25, 0.3) is 0 Å². The summed E-state index contributed by atoms with van der Waals surface area (Å²) in [7, 11) is 0. The minimum atomic E-state index is -4.63. The standard InChI is InChI=1S/C29H38F4N6O2/c1-28(2)14-17(12-19-4-3-9-39(19)28)25-24(30)26(34)37-27(36-25)35-18-5-6-23(22(13-18)29(31,32)33)41-21-7-10-38(11-8-21)20-15-40-16-20/h5-6,13,17,19-21H,3-4,7-12,14-16H2,1-2H3,(H3,34,35,36,37)/t17-,19+/m1/s1. The third-order valence-corrected chi connectivity index (χ3v) is 9.19. The van der Waals surface area contributed by atoms with Gasteiger partial charge in [-0.15, -0.1) is 0 Å². The van der Waals surface area contributed by atoms with Crippen LogP contribution < -0.4 is 15.8 Å². The van der Waals surface area contributed by atoms with E-state index in [1.807, 2.05) is 0 Å². The quantitative estimate of drug-likeness (QED) is 0.446. The first-order valence-corrected chi connectivity index (χ1v) is 14.5. The lowest BCUT2D eigenvalue weighted by Gasteiger charge is -2.47. The van der Waals surface area contributed by atoms with Crippen molar-refractivity contribution < 1.29 is 27.0 Å². The Kier molecular flexibility index (Phi) is 7.52. The number of anilines is 3. The Morgan fingerprint density at radius 1 is 1.07 bits per heavy atom. The summed E-state index contributed by atoms with van der Waals surface area (Å²) in [6.45, 7) is 8.30. The number of likely N-dealkylation sites (tertiary alicyclic amines) is 1. The summed E-state index contributed by atoms with van der Waals surface area (Å²) >= 11 is 0. The number of benzene rings is 1. The number of nitrogens with two attached hydrogens (primary N) is 1. The Morgan fingerprint density at radius 3 is 2.51 bits per heavy atom. The fraction of sp³-hybridized carbons (Fsp3) is 0.655. The molecule has 4 aliphatic rings. The molecule has 4 fully saturated rings. The second-order valence-corrected chi connectivity index (χ2v) is 12.4. The SMILES string of the molecule is CC1(C)C[C@H](c2nc(Nc3ccc(OC4CCN(C5COC5)CC4)c(C(F)(F)F)c3)nc(N)c2F)C[C@@H]2CCCN21. The van der Waals surface area contributed by atoms with Gasteiger partial charge < -0.3 is 20.5 Å². The van der Waals surface area contributed by atoms with Crippen LogP contribution in [0.3, 0.4) is 0 Å². The molecule has 0 bridgehead atoms. The van der Waals surface area contributed by atoms with Gasteiger partial charge in [0.1, 0.15) is 11.9 Å². The fourth-order valence-corrected chi connectivity index (χ4v) is 7.06. The summed E-state index contributed by atoms with van der Waals surface area (Å²) < 4.78 is 68.7. The van der Waals surface area contributed by atoms with E-state index in [-0.39, 0.29) is 46.5 Å². The molecule has 2 atom stereocenters. The molecule has 0 unspecified atom stereocenters. The lowest BCUT2D eigenvalue weighted by Crippen LogP contribution is -2.52. The van der Waals surface area contributed by atoms with Crippen molar-refractivity contribution in [2.24, 2.45) is 0 Å². The number of hydrogen-bond donors (Lipinski definition) is 2. The molecule has 0 amide bonds. The van der Waals surface area contributed by atoms with E-state index in [0.717, 1.165) is 45.0 Å². The van der Waals surface area contributed by atoms with E-state index in [9.17, 15) is 13.2 Å². The summed E-state index contributed by atoms with van der Waals surface area (Å²) in [4.78, 5) is 13.3. The van der Waals surface area contributed by atoms with Gasteiger partial charge in [-0.1, -0.05) is 0 Å². The maximum atomic E-state index is 15.2. The Labute approximate surface area is 237 Å². The molecule has 12 heteroatoms. The first-order chi connectivity index (χ1) is 19.5. The maximum absolute atomic E-state index is 15.2. The van der Waals surface area contributed by atoms with Gasteiger partial charge in [-0.3, -0.25) is 9.80 Å². The lowest BCUT2D eigenvalue weighted by atomic mass is 9.78. The Bertz CT molecular complexity index is 1260. The molecular formula is C29H38F4N6O2. The number of fused-ring (bicyclic) bond motifs is 1. The second-order valence-electron chi connectivity index (χ2n) is 12.4. The molecular weight excluding hydrogens is 540 g/mol. The highest BCUT2D eigenvalue weighted by atomic mass is 19.4. The Balaban J connectivity index is 1.20. The van der Waals surface area contributed by atoms with Crippen molar-refractivity contribution in [1.82, 2.24) is 19.8 Å². The van der Waals surface area contributed by atoms with E-state index in [4.69, 9.17) is 15.2 Å². The normalized spacial score (nSPS) is 26.0. The van der Waals surface area contributed by atoms with Gasteiger partial charge in [0.15, 0.2) is 11.6 Å². The molecule has 41 heavy (non-hydrogen) atoms. The van der Waals surface area contributed by atoms with Crippen LogP contribution in [0.15, 0.2) is 18.2 Å². The molecule has 0 radical (unpaired) electrons. The predicted molar refractivity (Wildman–Crippen MR) is 147 cm³/mol. The number of hydrogen-bond acceptors (Lipinski definition) is 8. The minimum Gasteiger partial charge on any atom is -0.490 e. The summed E-state index contributed by atoms with van der Waals surface area (Å²) in [5, 5.41) is 2.84. The Morgan fingerprint density at radius 2 is 1.83 bits per heavy atom. The molecule has 3 N–H and O–H groups in total. The number of piperidine rings is 2. The highest BCUT2D eigenvalue weighted by Gasteiger charge is 2.44. The largest absolute Gasteiger partial charge is 0.490 e. The number of halogens is 4. The molecule has 0 spiro atoms. The fourth-order valence-electron chi connectivity index (χ4n) is 7.06. The van der Waals surface area contributed by atoms with Crippen LogP contribution in [0, 0.1) is 5.82 Å². The van der Waals surface area contributed by atoms with Gasteiger partial charge in [0.2, 0.25) is 5.95 Å². The molecule has 6 rings (SSSR count). The molecule has 1 aromatic carbocycles. The van der Waals surface area contributed by atoms with Gasteiger partial charge in [0.25, 0.3) is 0 Å². The summed E-state index contributed by atoms with van der Waals surface area (Å²) in [6.07, 6.45) is -0.0148. The molecule has 8 nitrogen and oxygen atoms in total. The number of nitrogens with one attached hydrogen (secondary N) is 1. The van der Waals surface area contributed by atoms with E-state index in [1.54, 1.807) is 0 Å². The van der Waals surface area contributed by atoms with Gasteiger partial charge in [-0.25, -0.2) is 9.37 Å². The van der Waals surface area contributed by atoms with Gasteiger partial charge in [-0.05, 0) is 77.1 Å². The van der Waals surface area contributed by atoms with E-state index in [2.05, 4.69) is 38.9 Å². The van der Waals surface area contributed by atoms with Crippen molar-refractivity contribution in [3.05, 3.63) is 35.3 Å². The van der Waals surface area contributed by atoms with Crippen molar-refractivity contribution >= 4 is 17.5 Å². The van der Waals surface area contributed by atoms with Crippen molar-refractivity contribution in [3.63, 3.8) is 0 Å². The Hall–Kier alpha value is -2.70. The van der Waals surface area contributed by atoms with Gasteiger partial charge in [0, 0.05) is 36.3 Å². The van der Waals surface area contributed by atoms with Crippen molar-refractivity contribution in [1.29, 1.82) is 0 Å². The summed E-state index contributed by atoms with van der Waals surface area (Å²) in [5.41, 5.74) is 5.27. The lowest BCUT2D eigenvalue weighted by molar-refractivity contribution is -0.139. The number of nitrogens with zero attached hydrogens (tertiary/aromatic N) is 4. The average Bonchev–Trinajstić information content (AvgIpc) is 3.36. The van der Waals surface area contributed by atoms with Crippen molar-refractivity contribution in [2.75, 3.05) is 43.9 Å². The van der Waals surface area contributed by atoms with Crippen LogP contribution in [0.2, 0.25) is 0 Å². The first kappa shape index (κ1) is 28.4. The average molecular weight is 579 g/mol. The van der Waals surface area contributed by atoms with Crippen LogP contribution in [0.1, 0.15) is 69.5 Å². The molecule has 2 aromatic rings. The molecule has 4 aliphatic heterocycles. The zero-order chi connectivity index (χ0) is 28.9. The third-order valence-electron chi connectivity index (χ3n) is 9.19. The summed E-state index contributed by atoms with van der Waals surface area (Å²) in [6, 6.07) is 4.55. The molecule has 0 aliphatic carbocycles. The van der Waals surface area contributed by atoms with E-state index < -0.39 is 17.6 Å². The number of ether oxygens (including phenoxy) is 2. The van der Waals surface area contributed by atoms with Crippen LogP contribution in [-0.4, -0.2) is 76.3 Å². The first-order valence-electron chi connectivity index (χ1n) is 14.5. The van der Waals surface area contributed by atoms with E-state index in [1.165, 1.54) is 12.1 Å². The molecule has 224 valence electrons. The number of alkyl halides is 3. The molecule has 5 heterocycles. The third kappa shape index (κ3) is 5.83. The van der Waals surface area contributed by atoms with Gasteiger partial charge in [0.05, 0.1) is 30.5 Å². The smallest absolute Gasteiger partial charge is 0.420 e. The van der Waals surface area contributed by atoms with Crippen LogP contribution in [-0.2, 0) is 10.9 Å². The molecule has 1 aromatic heterocycles. The second kappa shape index (κ2) is 10.9. The maximum Gasteiger partial charge on any atom is 0.420 e. The predicted octanol–water partition coefficient (Wildman–Crippen LogP) is 5.32. The van der Waals surface area contributed by atoms with Crippen molar-refractivity contribution in [3.8, 4) is 5.75 Å². The highest BCUT2D eigenvalue weighted by Crippen LogP contribution is 2.45. The number of nitrogen functional groups attached to an aromatic ring is 1.